The van der Waals surface area contributed by atoms with Crippen LogP contribution in [0.1, 0.15) is 17.2 Å². The lowest BCUT2D eigenvalue weighted by Gasteiger charge is -2.30. The Morgan fingerprint density at radius 1 is 1.10 bits per heavy atom. The quantitative estimate of drug-likeness (QED) is 0.612. The van der Waals surface area contributed by atoms with Gasteiger partial charge in [-0.3, -0.25) is 4.79 Å². The fraction of sp³-hybridized carbons (Fsp3) is 0.316. The summed E-state index contributed by atoms with van der Waals surface area (Å²) in [6, 6.07) is 12.5. The first kappa shape index (κ1) is 21.5. The number of rotatable bonds is 7. The Kier molecular flexibility index (Phi) is 7.07. The van der Waals surface area contributed by atoms with Gasteiger partial charge in [0.25, 0.3) is 5.91 Å². The van der Waals surface area contributed by atoms with E-state index in [9.17, 15) is 17.1 Å². The Balaban J connectivity index is 1.79. The van der Waals surface area contributed by atoms with E-state index in [1.807, 2.05) is 0 Å². The van der Waals surface area contributed by atoms with Crippen molar-refractivity contribution in [3.05, 3.63) is 64.7 Å². The van der Waals surface area contributed by atoms with Crippen LogP contribution in [-0.4, -0.2) is 45.5 Å². The predicted molar refractivity (Wildman–Crippen MR) is 103 cm³/mol. The summed E-state index contributed by atoms with van der Waals surface area (Å²) in [5, 5.41) is 0.591. The van der Waals surface area contributed by atoms with Crippen LogP contribution in [0.15, 0.2) is 48.5 Å². The van der Waals surface area contributed by atoms with Crippen molar-refractivity contribution in [2.75, 3.05) is 26.3 Å². The number of morpholine rings is 1. The smallest absolute Gasteiger partial charge is 0.378 e. The molecule has 0 N–H and O–H groups in total. The van der Waals surface area contributed by atoms with Gasteiger partial charge in [0.05, 0.1) is 19.8 Å². The molecule has 1 heterocycles. The van der Waals surface area contributed by atoms with Crippen molar-refractivity contribution >= 4 is 28.0 Å². The number of ether oxygens (including phenoxy) is 2. The van der Waals surface area contributed by atoms with E-state index in [-0.39, 0.29) is 18.3 Å². The molecule has 0 aromatic heterocycles. The molecule has 0 bridgehead atoms. The summed E-state index contributed by atoms with van der Waals surface area (Å²) in [6.45, 7) is 1.93. The van der Waals surface area contributed by atoms with Gasteiger partial charge in [0.15, 0.2) is 6.10 Å². The van der Waals surface area contributed by atoms with Crippen molar-refractivity contribution in [3.63, 3.8) is 0 Å². The van der Waals surface area contributed by atoms with Crippen LogP contribution in [0.4, 0.5) is 3.89 Å². The van der Waals surface area contributed by atoms with Crippen LogP contribution in [-0.2, 0) is 31.4 Å². The fourth-order valence-corrected chi connectivity index (χ4v) is 3.30. The Bertz CT molecular complexity index is 930. The number of amides is 1. The highest BCUT2D eigenvalue weighted by atomic mass is 35.5. The Morgan fingerprint density at radius 2 is 1.72 bits per heavy atom. The molecular weight excluding hydrogens is 425 g/mol. The van der Waals surface area contributed by atoms with Crippen molar-refractivity contribution in [1.29, 1.82) is 0 Å². The van der Waals surface area contributed by atoms with E-state index < -0.39 is 16.6 Å². The first-order chi connectivity index (χ1) is 13.8. The lowest BCUT2D eigenvalue weighted by molar-refractivity contribution is -0.149. The van der Waals surface area contributed by atoms with E-state index in [1.165, 1.54) is 24.3 Å². The highest BCUT2D eigenvalue weighted by Crippen LogP contribution is 2.26. The van der Waals surface area contributed by atoms with Gasteiger partial charge in [-0.1, -0.05) is 39.8 Å². The average molecular weight is 444 g/mol. The molecule has 1 atom stereocenters. The van der Waals surface area contributed by atoms with Gasteiger partial charge in [0, 0.05) is 18.1 Å². The average Bonchev–Trinajstić information content (AvgIpc) is 2.70. The molecule has 2 aromatic carbocycles. The molecule has 1 amide bonds. The number of hydrogen-bond acceptors (Lipinski definition) is 6. The lowest BCUT2D eigenvalue weighted by Crippen LogP contribution is -2.43. The molecule has 29 heavy (non-hydrogen) atoms. The first-order valence-electron chi connectivity index (χ1n) is 8.78. The van der Waals surface area contributed by atoms with Crippen LogP contribution in [0.5, 0.6) is 5.75 Å². The number of carbonyl (C=O) groups excluding carboxylic acids is 1. The van der Waals surface area contributed by atoms with E-state index in [0.717, 1.165) is 5.56 Å². The largest absolute Gasteiger partial charge is 0.488 e. The second kappa shape index (κ2) is 9.53. The minimum atomic E-state index is -5.12. The second-order valence-electron chi connectivity index (χ2n) is 6.30. The third kappa shape index (κ3) is 6.40. The third-order valence-electron chi connectivity index (χ3n) is 4.26. The lowest BCUT2D eigenvalue weighted by atomic mass is 10.1. The van der Waals surface area contributed by atoms with Crippen molar-refractivity contribution in [2.24, 2.45) is 0 Å². The minimum Gasteiger partial charge on any atom is -0.378 e. The van der Waals surface area contributed by atoms with Gasteiger partial charge in [0.1, 0.15) is 5.75 Å². The summed E-state index contributed by atoms with van der Waals surface area (Å²) in [7, 11) is -5.12. The van der Waals surface area contributed by atoms with Gasteiger partial charge in [-0.15, -0.1) is 0 Å². The Morgan fingerprint density at radius 3 is 2.31 bits per heavy atom. The molecule has 1 aliphatic rings. The monoisotopic (exact) mass is 443 g/mol. The van der Waals surface area contributed by atoms with Crippen molar-refractivity contribution in [2.45, 2.75) is 12.7 Å². The van der Waals surface area contributed by atoms with Gasteiger partial charge >= 0.3 is 10.5 Å². The summed E-state index contributed by atoms with van der Waals surface area (Å²) in [6.07, 6.45) is -0.931. The summed E-state index contributed by atoms with van der Waals surface area (Å²) in [5.74, 6) is -0.444. The van der Waals surface area contributed by atoms with E-state index in [2.05, 4.69) is 4.18 Å². The molecule has 0 radical (unpaired) electrons. The Labute approximate surface area is 173 Å². The molecule has 10 heteroatoms. The summed E-state index contributed by atoms with van der Waals surface area (Å²) < 4.78 is 49.3. The van der Waals surface area contributed by atoms with E-state index >= 15 is 0 Å². The van der Waals surface area contributed by atoms with Crippen molar-refractivity contribution in [3.8, 4) is 5.75 Å². The highest BCUT2D eigenvalue weighted by Gasteiger charge is 2.28. The Hall–Kier alpha value is -2.20. The fourth-order valence-electron chi connectivity index (χ4n) is 2.83. The van der Waals surface area contributed by atoms with Gasteiger partial charge < -0.3 is 18.6 Å². The van der Waals surface area contributed by atoms with E-state index in [0.29, 0.717) is 36.9 Å². The molecule has 1 fully saturated rings. The van der Waals surface area contributed by atoms with Crippen molar-refractivity contribution in [1.82, 2.24) is 4.90 Å². The van der Waals surface area contributed by atoms with E-state index in [4.69, 9.17) is 21.1 Å². The maximum atomic E-state index is 13.0. The first-order valence-corrected chi connectivity index (χ1v) is 10.5. The predicted octanol–water partition coefficient (Wildman–Crippen LogP) is 3.05. The number of carbonyl (C=O) groups is 1. The maximum absolute atomic E-state index is 13.0. The molecule has 7 nitrogen and oxygen atoms in total. The van der Waals surface area contributed by atoms with E-state index in [1.54, 1.807) is 29.2 Å². The van der Waals surface area contributed by atoms with Gasteiger partial charge in [-0.05, 0) is 35.4 Å². The SMILES string of the molecule is O=C(C(OCc1ccc(Cl)cc1)c1ccc(OS(=O)(=O)F)cc1)N1CCOCC1. The summed E-state index contributed by atoms with van der Waals surface area (Å²) >= 11 is 5.89. The van der Waals surface area contributed by atoms with Gasteiger partial charge in [-0.25, -0.2) is 0 Å². The number of hydrogen-bond donors (Lipinski definition) is 0. The van der Waals surface area contributed by atoms with Crippen LogP contribution in [0, 0.1) is 0 Å². The zero-order valence-electron chi connectivity index (χ0n) is 15.3. The topological polar surface area (TPSA) is 82.1 Å². The number of benzene rings is 2. The van der Waals surface area contributed by atoms with Crippen LogP contribution < -0.4 is 4.18 Å². The molecule has 1 unspecified atom stereocenters. The summed E-state index contributed by atoms with van der Waals surface area (Å²) in [4.78, 5) is 14.7. The third-order valence-corrected chi connectivity index (χ3v) is 4.90. The molecule has 156 valence electrons. The van der Waals surface area contributed by atoms with Crippen LogP contribution in [0.25, 0.3) is 0 Å². The molecule has 1 aliphatic heterocycles. The molecular formula is C19H19ClFNO6S. The zero-order valence-corrected chi connectivity index (χ0v) is 16.9. The molecule has 0 aliphatic carbocycles. The van der Waals surface area contributed by atoms with Crippen LogP contribution >= 0.6 is 11.6 Å². The molecule has 0 saturated carbocycles. The van der Waals surface area contributed by atoms with Crippen molar-refractivity contribution < 1.29 is 30.8 Å². The van der Waals surface area contributed by atoms with Gasteiger partial charge in [0.2, 0.25) is 0 Å². The molecule has 0 spiro atoms. The van der Waals surface area contributed by atoms with Crippen LogP contribution in [0.2, 0.25) is 5.02 Å². The highest BCUT2D eigenvalue weighted by molar-refractivity contribution is 7.81. The second-order valence-corrected chi connectivity index (χ2v) is 7.69. The molecule has 2 aromatic rings. The zero-order chi connectivity index (χ0) is 20.9. The molecule has 1 saturated heterocycles. The van der Waals surface area contributed by atoms with Crippen LogP contribution in [0.3, 0.4) is 0 Å². The minimum absolute atomic E-state index is 0.162. The molecule has 3 rings (SSSR count). The maximum Gasteiger partial charge on any atom is 0.488 e. The number of halogens is 2. The van der Waals surface area contributed by atoms with Gasteiger partial charge in [-0.2, -0.15) is 8.42 Å². The number of nitrogens with zero attached hydrogens (tertiary/aromatic N) is 1. The normalized spacial score (nSPS) is 15.7. The summed E-state index contributed by atoms with van der Waals surface area (Å²) in [5.41, 5.74) is 1.32. The standard InChI is InChI=1S/C19H19ClFNO6S/c20-16-5-1-14(2-6-16)13-27-18(19(23)22-9-11-26-12-10-22)15-3-7-17(8-4-15)28-29(21,24)25/h1-8,18H,9-13H2.